The van der Waals surface area contributed by atoms with Gasteiger partial charge in [0.25, 0.3) is 0 Å². The van der Waals surface area contributed by atoms with E-state index in [1.165, 1.54) is 109 Å². The topological polar surface area (TPSA) is 0 Å². The number of benzene rings is 11. The van der Waals surface area contributed by atoms with E-state index in [2.05, 4.69) is 170 Å². The van der Waals surface area contributed by atoms with Crippen LogP contribution in [0.15, 0.2) is 170 Å². The summed E-state index contributed by atoms with van der Waals surface area (Å²) in [4.78, 5) is 0. The lowest BCUT2D eigenvalue weighted by Gasteiger charge is -2.16. The van der Waals surface area contributed by atoms with Crippen molar-refractivity contribution in [3.63, 3.8) is 0 Å². The van der Waals surface area contributed by atoms with Crippen LogP contribution in [-0.2, 0) is 0 Å². The third-order valence-electron chi connectivity index (χ3n) is 10.7. The minimum atomic E-state index is 1.23. The zero-order valence-corrected chi connectivity index (χ0v) is 26.2. The van der Waals surface area contributed by atoms with E-state index >= 15 is 0 Å². The average molecular weight is 605 g/mol. The molecule has 0 amide bonds. The number of hydrogen-bond acceptors (Lipinski definition) is 0. The molecule has 0 fully saturated rings. The third kappa shape index (κ3) is 3.60. The first kappa shape index (κ1) is 25.9. The van der Waals surface area contributed by atoms with Crippen molar-refractivity contribution in [3.05, 3.63) is 170 Å². The Morgan fingerprint density at radius 3 is 1.19 bits per heavy atom. The molecule has 0 saturated carbocycles. The lowest BCUT2D eigenvalue weighted by atomic mass is 9.87. The molecule has 0 N–H and O–H groups in total. The predicted molar refractivity (Wildman–Crippen MR) is 208 cm³/mol. The summed E-state index contributed by atoms with van der Waals surface area (Å²) in [6.45, 7) is 0. The molecule has 0 bridgehead atoms. The molecule has 0 nitrogen and oxygen atoms in total. The predicted octanol–water partition coefficient (Wildman–Crippen LogP) is 13.6. The van der Waals surface area contributed by atoms with Gasteiger partial charge in [-0.2, -0.15) is 0 Å². The molecule has 11 rings (SSSR count). The Morgan fingerprint density at radius 1 is 0.208 bits per heavy atom. The molecule has 0 spiro atoms. The van der Waals surface area contributed by atoms with E-state index in [0.29, 0.717) is 0 Å². The van der Waals surface area contributed by atoms with E-state index in [4.69, 9.17) is 0 Å². The SMILES string of the molecule is c1ccc2c(-c3ccc(-c4ccc5ccc6cccc7ccc4c5c67)cc3)cc(-c3ccc4ccc5cccc6ccc3c4c56)cc2c1. The molecule has 220 valence electrons. The molecular weight excluding hydrogens is 577 g/mol. The van der Waals surface area contributed by atoms with Crippen LogP contribution in [-0.4, -0.2) is 0 Å². The van der Waals surface area contributed by atoms with E-state index in [1.807, 2.05) is 0 Å². The minimum absolute atomic E-state index is 1.23. The van der Waals surface area contributed by atoms with Crippen LogP contribution in [0.2, 0.25) is 0 Å². The second kappa shape index (κ2) is 9.64. The zero-order valence-electron chi connectivity index (χ0n) is 26.2. The van der Waals surface area contributed by atoms with Gasteiger partial charge in [0.15, 0.2) is 0 Å². The van der Waals surface area contributed by atoms with Crippen LogP contribution in [0.4, 0.5) is 0 Å². The monoisotopic (exact) mass is 604 g/mol. The van der Waals surface area contributed by atoms with Crippen LogP contribution >= 0.6 is 0 Å². The van der Waals surface area contributed by atoms with Gasteiger partial charge in [-0.3, -0.25) is 0 Å². The number of hydrogen-bond donors (Lipinski definition) is 0. The lowest BCUT2D eigenvalue weighted by molar-refractivity contribution is 1.62. The molecule has 0 aliphatic carbocycles. The van der Waals surface area contributed by atoms with E-state index in [0.717, 1.165) is 0 Å². The Morgan fingerprint density at radius 2 is 0.625 bits per heavy atom. The van der Waals surface area contributed by atoms with Gasteiger partial charge in [-0.1, -0.05) is 158 Å². The van der Waals surface area contributed by atoms with Crippen LogP contribution in [0.3, 0.4) is 0 Å². The first-order valence-electron chi connectivity index (χ1n) is 16.8. The van der Waals surface area contributed by atoms with Crippen molar-refractivity contribution in [2.75, 3.05) is 0 Å². The Kier molecular flexibility index (Phi) is 5.20. The van der Waals surface area contributed by atoms with Crippen molar-refractivity contribution < 1.29 is 0 Å². The molecule has 0 aliphatic rings. The van der Waals surface area contributed by atoms with E-state index < -0.39 is 0 Å². The van der Waals surface area contributed by atoms with Gasteiger partial charge < -0.3 is 0 Å². The van der Waals surface area contributed by atoms with Crippen LogP contribution in [0.25, 0.3) is 109 Å². The maximum atomic E-state index is 2.40. The molecular formula is C48H28. The summed E-state index contributed by atoms with van der Waals surface area (Å²) < 4.78 is 0. The summed E-state index contributed by atoms with van der Waals surface area (Å²) in [6.07, 6.45) is 0. The number of fused-ring (bicyclic) bond motifs is 1. The van der Waals surface area contributed by atoms with Gasteiger partial charge in [0.2, 0.25) is 0 Å². The summed E-state index contributed by atoms with van der Waals surface area (Å²) in [5.74, 6) is 0. The van der Waals surface area contributed by atoms with E-state index in [9.17, 15) is 0 Å². The maximum Gasteiger partial charge on any atom is -0.00206 e. The van der Waals surface area contributed by atoms with Gasteiger partial charge in [0.05, 0.1) is 0 Å². The quantitative estimate of drug-likeness (QED) is 0.176. The second-order valence-corrected chi connectivity index (χ2v) is 13.3. The van der Waals surface area contributed by atoms with Gasteiger partial charge in [-0.15, -0.1) is 0 Å². The van der Waals surface area contributed by atoms with Crippen LogP contribution in [0.1, 0.15) is 0 Å². The van der Waals surface area contributed by atoms with Crippen molar-refractivity contribution in [1.29, 1.82) is 0 Å². The molecule has 0 heteroatoms. The summed E-state index contributed by atoms with van der Waals surface area (Å²) >= 11 is 0. The van der Waals surface area contributed by atoms with Gasteiger partial charge >= 0.3 is 0 Å². The first-order valence-corrected chi connectivity index (χ1v) is 16.8. The van der Waals surface area contributed by atoms with Crippen LogP contribution < -0.4 is 0 Å². The lowest BCUT2D eigenvalue weighted by Crippen LogP contribution is -1.90. The van der Waals surface area contributed by atoms with Gasteiger partial charge in [-0.05, 0) is 121 Å². The third-order valence-corrected chi connectivity index (χ3v) is 10.7. The van der Waals surface area contributed by atoms with Gasteiger partial charge in [0, 0.05) is 0 Å². The summed E-state index contributed by atoms with van der Waals surface area (Å²) in [7, 11) is 0. The first-order chi connectivity index (χ1) is 23.8. The molecule has 0 heterocycles. The van der Waals surface area contributed by atoms with Crippen molar-refractivity contribution in [2.24, 2.45) is 0 Å². The highest BCUT2D eigenvalue weighted by atomic mass is 14.2. The molecule has 0 radical (unpaired) electrons. The normalized spacial score (nSPS) is 12.2. The summed E-state index contributed by atoms with van der Waals surface area (Å²) in [5.41, 5.74) is 7.53. The van der Waals surface area contributed by atoms with Crippen LogP contribution in [0, 0.1) is 0 Å². The molecule has 48 heavy (non-hydrogen) atoms. The Balaban J connectivity index is 1.09. The second-order valence-electron chi connectivity index (χ2n) is 13.3. The molecule has 11 aromatic rings. The minimum Gasteiger partial charge on any atom is -0.0616 e. The number of rotatable bonds is 3. The maximum absolute atomic E-state index is 2.40. The highest BCUT2D eigenvalue weighted by Crippen LogP contribution is 2.43. The van der Waals surface area contributed by atoms with Crippen molar-refractivity contribution >= 4 is 75.4 Å². The molecule has 0 aromatic heterocycles. The highest BCUT2D eigenvalue weighted by molar-refractivity contribution is 6.27. The Bertz CT molecular complexity index is 3000. The molecule has 0 unspecified atom stereocenters. The van der Waals surface area contributed by atoms with Crippen molar-refractivity contribution in [2.45, 2.75) is 0 Å². The fourth-order valence-corrected chi connectivity index (χ4v) is 8.51. The van der Waals surface area contributed by atoms with Gasteiger partial charge in [0.1, 0.15) is 0 Å². The zero-order chi connectivity index (χ0) is 31.3. The molecule has 0 atom stereocenters. The van der Waals surface area contributed by atoms with Crippen LogP contribution in [0.5, 0.6) is 0 Å². The Labute approximate surface area is 277 Å². The summed E-state index contributed by atoms with van der Waals surface area (Å²) in [6, 6.07) is 63.4. The van der Waals surface area contributed by atoms with E-state index in [-0.39, 0.29) is 0 Å². The van der Waals surface area contributed by atoms with E-state index in [1.54, 1.807) is 0 Å². The standard InChI is InChI=1S/C48H28/c1-2-10-39-37(5-1)27-38(41-24-20-36-18-16-32-7-4-9-34-22-26-43(41)48(36)46(32)34)28-44(39)30-13-11-29(12-14-30)40-23-19-35-17-15-31-6-3-8-33-21-25-42(40)47(35)45(31)33/h1-28H. The fraction of sp³-hybridized carbons (Fsp3) is 0. The largest absolute Gasteiger partial charge is 0.0616 e. The smallest absolute Gasteiger partial charge is 0.00206 e. The fourth-order valence-electron chi connectivity index (χ4n) is 8.51. The average Bonchev–Trinajstić information content (AvgIpc) is 3.15. The molecule has 11 aromatic carbocycles. The molecule has 0 saturated heterocycles. The van der Waals surface area contributed by atoms with Crippen molar-refractivity contribution in [1.82, 2.24) is 0 Å². The Hall–Kier alpha value is -6.24. The highest BCUT2D eigenvalue weighted by Gasteiger charge is 2.16. The summed E-state index contributed by atoms with van der Waals surface area (Å²) in [5, 5.41) is 18.4. The van der Waals surface area contributed by atoms with Gasteiger partial charge in [-0.25, -0.2) is 0 Å². The van der Waals surface area contributed by atoms with Crippen molar-refractivity contribution in [3.8, 4) is 33.4 Å². The molecule has 0 aliphatic heterocycles.